The molecule has 1 aromatic carbocycles. The first-order valence-electron chi connectivity index (χ1n) is 5.83. The number of nitrogens with one attached hydrogen (secondary N) is 1. The first-order valence-corrected chi connectivity index (χ1v) is 6.21. The van der Waals surface area contributed by atoms with Gasteiger partial charge in [-0.3, -0.25) is 4.99 Å². The highest BCUT2D eigenvalue weighted by molar-refractivity contribution is 6.30. The number of aliphatic imine (C=N–C) groups is 1. The third-order valence-electron chi connectivity index (χ3n) is 2.44. The lowest BCUT2D eigenvalue weighted by Crippen LogP contribution is -2.38. The third-order valence-corrected chi connectivity index (χ3v) is 2.69. The number of nitrogens with zero attached hydrogens (tertiary/aromatic N) is 2. The number of halogens is 1. The summed E-state index contributed by atoms with van der Waals surface area (Å²) in [4.78, 5) is 6.34. The minimum absolute atomic E-state index is 0.768. The van der Waals surface area contributed by atoms with Crippen LogP contribution in [0.25, 0.3) is 0 Å². The van der Waals surface area contributed by atoms with Gasteiger partial charge in [-0.15, -0.1) is 0 Å². The summed E-state index contributed by atoms with van der Waals surface area (Å²) in [6.07, 6.45) is 1.09. The molecule has 0 aliphatic carbocycles. The van der Waals surface area contributed by atoms with Crippen LogP contribution in [0.2, 0.25) is 5.02 Å². The third kappa shape index (κ3) is 4.65. The molecule has 0 fully saturated rings. The van der Waals surface area contributed by atoms with Crippen LogP contribution in [0, 0.1) is 0 Å². The zero-order valence-electron chi connectivity index (χ0n) is 10.7. The molecule has 0 heterocycles. The lowest BCUT2D eigenvalue weighted by Gasteiger charge is -2.22. The van der Waals surface area contributed by atoms with Gasteiger partial charge in [0.1, 0.15) is 0 Å². The van der Waals surface area contributed by atoms with Crippen LogP contribution >= 0.6 is 11.6 Å². The fraction of sp³-hybridized carbons (Fsp3) is 0.462. The number of guanidine groups is 1. The molecule has 0 saturated carbocycles. The van der Waals surface area contributed by atoms with Crippen molar-refractivity contribution in [1.82, 2.24) is 10.2 Å². The highest BCUT2D eigenvalue weighted by atomic mass is 35.5. The van der Waals surface area contributed by atoms with Crippen molar-refractivity contribution in [2.75, 3.05) is 20.6 Å². The van der Waals surface area contributed by atoms with Gasteiger partial charge in [-0.2, -0.15) is 0 Å². The molecule has 0 amide bonds. The summed E-state index contributed by atoms with van der Waals surface area (Å²) in [6, 6.07) is 7.89. The lowest BCUT2D eigenvalue weighted by atomic mass is 10.2. The van der Waals surface area contributed by atoms with Gasteiger partial charge in [0.25, 0.3) is 0 Å². The maximum Gasteiger partial charge on any atom is 0.193 e. The van der Waals surface area contributed by atoms with Crippen molar-refractivity contribution in [2.45, 2.75) is 19.9 Å². The van der Waals surface area contributed by atoms with Crippen molar-refractivity contribution >= 4 is 17.6 Å². The molecular formula is C13H20ClN3. The van der Waals surface area contributed by atoms with Gasteiger partial charge in [-0.25, -0.2) is 0 Å². The van der Waals surface area contributed by atoms with Gasteiger partial charge in [0.2, 0.25) is 0 Å². The molecule has 1 N–H and O–H groups in total. The van der Waals surface area contributed by atoms with Gasteiger partial charge in [-0.05, 0) is 24.1 Å². The van der Waals surface area contributed by atoms with Gasteiger partial charge in [0.15, 0.2) is 5.96 Å². The van der Waals surface area contributed by atoms with E-state index < -0.39 is 0 Å². The first-order chi connectivity index (χ1) is 8.17. The smallest absolute Gasteiger partial charge is 0.193 e. The minimum Gasteiger partial charge on any atom is -0.356 e. The zero-order chi connectivity index (χ0) is 12.7. The molecule has 1 aromatic rings. The van der Waals surface area contributed by atoms with Crippen molar-refractivity contribution in [3.8, 4) is 0 Å². The molecule has 0 aromatic heterocycles. The van der Waals surface area contributed by atoms with Crippen LogP contribution in [0.5, 0.6) is 0 Å². The van der Waals surface area contributed by atoms with Crippen molar-refractivity contribution < 1.29 is 0 Å². The van der Waals surface area contributed by atoms with Crippen molar-refractivity contribution in [3.05, 3.63) is 34.9 Å². The van der Waals surface area contributed by atoms with E-state index >= 15 is 0 Å². The predicted molar refractivity (Wildman–Crippen MR) is 74.6 cm³/mol. The average molecular weight is 254 g/mol. The second-order valence-electron chi connectivity index (χ2n) is 3.96. The Morgan fingerprint density at radius 1 is 1.35 bits per heavy atom. The number of hydrogen-bond acceptors (Lipinski definition) is 1. The molecule has 0 saturated heterocycles. The van der Waals surface area contributed by atoms with E-state index in [9.17, 15) is 0 Å². The second-order valence-corrected chi connectivity index (χ2v) is 4.39. The Morgan fingerprint density at radius 3 is 2.53 bits per heavy atom. The summed E-state index contributed by atoms with van der Waals surface area (Å²) in [5, 5.41) is 4.07. The van der Waals surface area contributed by atoms with Crippen LogP contribution in [0.4, 0.5) is 0 Å². The van der Waals surface area contributed by atoms with Gasteiger partial charge >= 0.3 is 0 Å². The molecule has 94 valence electrons. The van der Waals surface area contributed by atoms with Crippen molar-refractivity contribution in [2.24, 2.45) is 4.99 Å². The predicted octanol–water partition coefficient (Wildman–Crippen LogP) is 2.76. The van der Waals surface area contributed by atoms with Gasteiger partial charge in [-0.1, -0.05) is 30.7 Å². The van der Waals surface area contributed by atoms with Crippen LogP contribution in [0.3, 0.4) is 0 Å². The largest absolute Gasteiger partial charge is 0.356 e. The average Bonchev–Trinajstić information content (AvgIpc) is 2.33. The maximum atomic E-state index is 5.86. The molecule has 17 heavy (non-hydrogen) atoms. The standard InChI is InChI=1S/C13H20ClN3/c1-4-9-16-13(15-2)17(3)10-11-5-7-12(14)8-6-11/h5-8H,4,9-10H2,1-3H3,(H,15,16). The fourth-order valence-corrected chi connectivity index (χ4v) is 1.69. The Bertz CT molecular complexity index is 359. The summed E-state index contributed by atoms with van der Waals surface area (Å²) in [5.41, 5.74) is 1.22. The summed E-state index contributed by atoms with van der Waals surface area (Å²) in [7, 11) is 3.83. The first kappa shape index (κ1) is 13.8. The minimum atomic E-state index is 0.768. The number of benzene rings is 1. The van der Waals surface area contributed by atoms with Crippen molar-refractivity contribution in [3.63, 3.8) is 0 Å². The van der Waals surface area contributed by atoms with Gasteiger partial charge in [0.05, 0.1) is 0 Å². The molecule has 1 rings (SSSR count). The molecule has 0 bridgehead atoms. The Morgan fingerprint density at radius 2 is 2.00 bits per heavy atom. The van der Waals surface area contributed by atoms with Crippen molar-refractivity contribution in [1.29, 1.82) is 0 Å². The zero-order valence-corrected chi connectivity index (χ0v) is 11.5. The highest BCUT2D eigenvalue weighted by Crippen LogP contribution is 2.10. The van der Waals surface area contributed by atoms with Crippen LogP contribution in [-0.4, -0.2) is 31.5 Å². The van der Waals surface area contributed by atoms with Gasteiger partial charge < -0.3 is 10.2 Å². The van der Waals surface area contributed by atoms with E-state index in [2.05, 4.69) is 22.1 Å². The quantitative estimate of drug-likeness (QED) is 0.660. The Balaban J connectivity index is 2.57. The molecule has 0 aliphatic heterocycles. The summed E-state index contributed by atoms with van der Waals surface area (Å²) in [5.74, 6) is 0.918. The lowest BCUT2D eigenvalue weighted by molar-refractivity contribution is 0.477. The van der Waals surface area contributed by atoms with E-state index in [0.29, 0.717) is 0 Å². The van der Waals surface area contributed by atoms with E-state index in [1.807, 2.05) is 31.3 Å². The Hall–Kier alpha value is -1.22. The van der Waals surface area contributed by atoms with E-state index in [4.69, 9.17) is 11.6 Å². The van der Waals surface area contributed by atoms with Crippen LogP contribution < -0.4 is 5.32 Å². The monoisotopic (exact) mass is 253 g/mol. The molecular weight excluding hydrogens is 234 g/mol. The van der Waals surface area contributed by atoms with E-state index in [-0.39, 0.29) is 0 Å². The fourth-order valence-electron chi connectivity index (χ4n) is 1.56. The summed E-state index contributed by atoms with van der Waals surface area (Å²) in [6.45, 7) is 3.90. The highest BCUT2D eigenvalue weighted by Gasteiger charge is 2.05. The SMILES string of the molecule is CCCNC(=NC)N(C)Cc1ccc(Cl)cc1. The maximum absolute atomic E-state index is 5.86. The summed E-state index contributed by atoms with van der Waals surface area (Å²) < 4.78 is 0. The van der Waals surface area contributed by atoms with Crippen LogP contribution in [-0.2, 0) is 6.54 Å². The molecule has 0 atom stereocenters. The van der Waals surface area contributed by atoms with Crippen LogP contribution in [0.15, 0.2) is 29.3 Å². The molecule has 0 aliphatic rings. The Labute approximate surface area is 108 Å². The molecule has 0 unspecified atom stereocenters. The molecule has 3 nitrogen and oxygen atoms in total. The molecule has 0 spiro atoms. The normalized spacial score (nSPS) is 11.4. The topological polar surface area (TPSA) is 27.6 Å². The number of rotatable bonds is 4. The summed E-state index contributed by atoms with van der Waals surface area (Å²) >= 11 is 5.86. The van der Waals surface area contributed by atoms with Crippen LogP contribution in [0.1, 0.15) is 18.9 Å². The van der Waals surface area contributed by atoms with Gasteiger partial charge in [0, 0.05) is 32.2 Å². The van der Waals surface area contributed by atoms with E-state index in [1.54, 1.807) is 7.05 Å². The van der Waals surface area contributed by atoms with E-state index in [0.717, 1.165) is 30.5 Å². The second kappa shape index (κ2) is 7.17. The Kier molecular flexibility index (Phi) is 5.84. The number of hydrogen-bond donors (Lipinski definition) is 1. The molecule has 4 heteroatoms. The van der Waals surface area contributed by atoms with E-state index in [1.165, 1.54) is 5.56 Å². The molecule has 0 radical (unpaired) electrons.